The van der Waals surface area contributed by atoms with Crippen LogP contribution in [0.3, 0.4) is 0 Å². The van der Waals surface area contributed by atoms with Crippen LogP contribution in [-0.2, 0) is 16.4 Å². The van der Waals surface area contributed by atoms with Crippen molar-refractivity contribution in [2.75, 3.05) is 42.2 Å². The van der Waals surface area contributed by atoms with Gasteiger partial charge in [-0.15, -0.1) is 10.2 Å². The van der Waals surface area contributed by atoms with Gasteiger partial charge in [0.1, 0.15) is 5.01 Å². The molecule has 0 saturated carbocycles. The van der Waals surface area contributed by atoms with E-state index in [0.29, 0.717) is 36.2 Å². The number of nitrogens with one attached hydrogen (secondary N) is 1. The molecule has 0 amide bonds. The molecule has 0 aliphatic carbocycles. The van der Waals surface area contributed by atoms with Crippen molar-refractivity contribution in [1.29, 1.82) is 0 Å². The molecule has 136 valence electrons. The van der Waals surface area contributed by atoms with Gasteiger partial charge < -0.3 is 5.32 Å². The molecule has 1 N–H and O–H groups in total. The molecular weight excluding hydrogens is 400 g/mol. The van der Waals surface area contributed by atoms with Gasteiger partial charge in [0.15, 0.2) is 0 Å². The highest BCUT2D eigenvalue weighted by Gasteiger charge is 2.23. The minimum absolute atomic E-state index is 0.0732. The van der Waals surface area contributed by atoms with Crippen molar-refractivity contribution in [1.82, 2.24) is 14.5 Å². The summed E-state index contributed by atoms with van der Waals surface area (Å²) in [6, 6.07) is 7.61. The highest BCUT2D eigenvalue weighted by atomic mass is 35.5. The summed E-state index contributed by atoms with van der Waals surface area (Å²) >= 11 is 9.11. The minimum atomic E-state index is -3.20. The quantitative estimate of drug-likeness (QED) is 0.744. The Kier molecular flexibility index (Phi) is 6.56. The Bertz CT molecular complexity index is 789. The first-order valence-corrected chi connectivity index (χ1v) is 11.8. The van der Waals surface area contributed by atoms with Crippen molar-refractivity contribution in [2.45, 2.75) is 6.42 Å². The number of aromatic nitrogens is 2. The molecule has 6 nitrogen and oxygen atoms in total. The average Bonchev–Trinajstić information content (AvgIpc) is 3.05. The molecule has 1 aromatic carbocycles. The van der Waals surface area contributed by atoms with Crippen molar-refractivity contribution in [3.05, 3.63) is 39.9 Å². The molecule has 25 heavy (non-hydrogen) atoms. The molecule has 0 bridgehead atoms. The fourth-order valence-electron chi connectivity index (χ4n) is 2.41. The van der Waals surface area contributed by atoms with Gasteiger partial charge in [-0.3, -0.25) is 0 Å². The summed E-state index contributed by atoms with van der Waals surface area (Å²) in [6.45, 7) is 1.55. The van der Waals surface area contributed by atoms with Crippen molar-refractivity contribution in [3.63, 3.8) is 0 Å². The van der Waals surface area contributed by atoms with Gasteiger partial charge in [-0.2, -0.15) is 11.8 Å². The van der Waals surface area contributed by atoms with Crippen LogP contribution in [0.1, 0.15) is 10.6 Å². The second kappa shape index (κ2) is 8.68. The Morgan fingerprint density at radius 1 is 1.16 bits per heavy atom. The van der Waals surface area contributed by atoms with E-state index in [1.807, 2.05) is 24.3 Å². The predicted octanol–water partition coefficient (Wildman–Crippen LogP) is 2.57. The van der Waals surface area contributed by atoms with Crippen LogP contribution < -0.4 is 5.32 Å². The van der Waals surface area contributed by atoms with E-state index in [2.05, 4.69) is 15.5 Å². The van der Waals surface area contributed by atoms with Crippen molar-refractivity contribution in [2.24, 2.45) is 0 Å². The Morgan fingerprint density at radius 3 is 2.60 bits per heavy atom. The largest absolute Gasteiger partial charge is 0.359 e. The molecule has 1 aliphatic heterocycles. The second-order valence-corrected chi connectivity index (χ2v) is 10.4. The summed E-state index contributed by atoms with van der Waals surface area (Å²) in [7, 11) is -3.20. The first-order valence-electron chi connectivity index (χ1n) is 7.89. The number of thioether (sulfide) groups is 1. The zero-order chi connectivity index (χ0) is 17.7. The van der Waals surface area contributed by atoms with Crippen molar-refractivity contribution in [3.8, 4) is 0 Å². The molecule has 3 rings (SSSR count). The van der Waals surface area contributed by atoms with Crippen LogP contribution in [0, 0.1) is 0 Å². The molecule has 0 unspecified atom stereocenters. The lowest BCUT2D eigenvalue weighted by atomic mass is 10.2. The van der Waals surface area contributed by atoms with Crippen LogP contribution in [0.15, 0.2) is 24.3 Å². The predicted molar refractivity (Wildman–Crippen MR) is 105 cm³/mol. The zero-order valence-corrected chi connectivity index (χ0v) is 16.7. The van der Waals surface area contributed by atoms with Crippen LogP contribution in [-0.4, -0.2) is 59.8 Å². The Labute approximate surface area is 161 Å². The van der Waals surface area contributed by atoms with Gasteiger partial charge in [-0.25, -0.2) is 12.7 Å². The number of sulfonamides is 1. The van der Waals surface area contributed by atoms with E-state index in [0.717, 1.165) is 22.1 Å². The van der Waals surface area contributed by atoms with E-state index >= 15 is 0 Å². The van der Waals surface area contributed by atoms with Crippen LogP contribution in [0.4, 0.5) is 5.13 Å². The number of nitrogens with zero attached hydrogens (tertiary/aromatic N) is 3. The molecular formula is C15H19ClN4O2S3. The Morgan fingerprint density at radius 2 is 1.88 bits per heavy atom. The molecule has 1 fully saturated rings. The summed E-state index contributed by atoms with van der Waals surface area (Å²) in [5.41, 5.74) is 1.11. The normalized spacial score (nSPS) is 16.0. The zero-order valence-electron chi connectivity index (χ0n) is 13.5. The van der Waals surface area contributed by atoms with Crippen LogP contribution in [0.2, 0.25) is 5.02 Å². The highest BCUT2D eigenvalue weighted by Crippen LogP contribution is 2.20. The first kappa shape index (κ1) is 18.9. The van der Waals surface area contributed by atoms with Crippen molar-refractivity contribution < 1.29 is 8.42 Å². The Balaban J connectivity index is 1.49. The number of hydrogen-bond acceptors (Lipinski definition) is 7. The van der Waals surface area contributed by atoms with E-state index in [4.69, 9.17) is 11.6 Å². The highest BCUT2D eigenvalue weighted by molar-refractivity contribution is 7.99. The van der Waals surface area contributed by atoms with Gasteiger partial charge in [0, 0.05) is 42.6 Å². The molecule has 2 heterocycles. The van der Waals surface area contributed by atoms with E-state index in [-0.39, 0.29) is 5.75 Å². The number of rotatable bonds is 7. The fourth-order valence-corrected chi connectivity index (χ4v) is 5.83. The number of halogens is 1. The summed E-state index contributed by atoms with van der Waals surface area (Å²) < 4.78 is 26.1. The number of anilines is 1. The van der Waals surface area contributed by atoms with Crippen molar-refractivity contribution >= 4 is 49.9 Å². The third-order valence-corrected chi connectivity index (χ3v) is 7.68. The summed E-state index contributed by atoms with van der Waals surface area (Å²) in [6.07, 6.45) is 0.681. The first-order chi connectivity index (χ1) is 12.0. The number of hydrogen-bond donors (Lipinski definition) is 1. The smallest absolute Gasteiger partial charge is 0.215 e. The van der Waals surface area contributed by atoms with Crippen LogP contribution in [0.5, 0.6) is 0 Å². The lowest BCUT2D eigenvalue weighted by Crippen LogP contribution is -2.40. The van der Waals surface area contributed by atoms with Crippen LogP contribution >= 0.6 is 34.7 Å². The standard InChI is InChI=1S/C15H19ClN4O2S3/c16-13-3-1-12(2-4-13)11-14-18-19-15(24-14)17-5-10-25(21,22)20-6-8-23-9-7-20/h1-4H,5-11H2,(H,17,19). The second-order valence-electron chi connectivity index (χ2n) is 5.56. The third kappa shape index (κ3) is 5.55. The maximum absolute atomic E-state index is 12.3. The molecule has 1 saturated heterocycles. The number of benzene rings is 1. The maximum Gasteiger partial charge on any atom is 0.215 e. The van der Waals surface area contributed by atoms with E-state index < -0.39 is 10.0 Å². The average molecular weight is 419 g/mol. The molecule has 0 atom stereocenters. The minimum Gasteiger partial charge on any atom is -0.359 e. The molecule has 2 aromatic rings. The topological polar surface area (TPSA) is 75.2 Å². The molecule has 1 aliphatic rings. The fraction of sp³-hybridized carbons (Fsp3) is 0.467. The molecule has 10 heteroatoms. The maximum atomic E-state index is 12.3. The van der Waals surface area contributed by atoms with E-state index in [1.165, 1.54) is 11.3 Å². The lowest BCUT2D eigenvalue weighted by Gasteiger charge is -2.25. The van der Waals surface area contributed by atoms with Gasteiger partial charge in [-0.1, -0.05) is 35.1 Å². The summed E-state index contributed by atoms with van der Waals surface area (Å²) in [5, 5.41) is 13.5. The summed E-state index contributed by atoms with van der Waals surface area (Å²) in [4.78, 5) is 0. The van der Waals surface area contributed by atoms with Gasteiger partial charge in [-0.05, 0) is 17.7 Å². The van der Waals surface area contributed by atoms with Crippen LogP contribution in [0.25, 0.3) is 0 Å². The SMILES string of the molecule is O=S(=O)(CCNc1nnc(Cc2ccc(Cl)cc2)s1)N1CCSCC1. The molecule has 1 aromatic heterocycles. The monoisotopic (exact) mass is 418 g/mol. The third-order valence-electron chi connectivity index (χ3n) is 3.74. The molecule has 0 radical (unpaired) electrons. The van der Waals surface area contributed by atoms with Gasteiger partial charge in [0.2, 0.25) is 15.2 Å². The molecule has 0 spiro atoms. The van der Waals surface area contributed by atoms with E-state index in [9.17, 15) is 8.42 Å². The van der Waals surface area contributed by atoms with Gasteiger partial charge in [0.25, 0.3) is 0 Å². The Hall–Kier alpha value is -0.870. The lowest BCUT2D eigenvalue weighted by molar-refractivity contribution is 0.444. The summed E-state index contributed by atoms with van der Waals surface area (Å²) in [5.74, 6) is 1.82. The van der Waals surface area contributed by atoms with E-state index in [1.54, 1.807) is 16.1 Å². The van der Waals surface area contributed by atoms with Gasteiger partial charge in [0.05, 0.1) is 5.75 Å². The van der Waals surface area contributed by atoms with Gasteiger partial charge >= 0.3 is 0 Å².